The smallest absolute Gasteiger partial charge is 0.410 e. The average molecular weight is 1070 g/mol. The number of hydrogen-bond donors (Lipinski definition) is 0. The van der Waals surface area contributed by atoms with Gasteiger partial charge in [0.2, 0.25) is 0 Å². The lowest BCUT2D eigenvalue weighted by Crippen LogP contribution is -2.51. The Hall–Kier alpha value is -4.21. The Morgan fingerprint density at radius 3 is 1.00 bits per heavy atom. The molecule has 0 aliphatic carbocycles. The molecule has 75 heavy (non-hydrogen) atoms. The summed E-state index contributed by atoms with van der Waals surface area (Å²) in [5, 5.41) is 0. The second-order valence-corrected chi connectivity index (χ2v) is 20.9. The van der Waals surface area contributed by atoms with Crippen molar-refractivity contribution in [3.63, 3.8) is 0 Å². The second kappa shape index (κ2) is 47.0. The molecule has 0 saturated carbocycles. The van der Waals surface area contributed by atoms with Crippen molar-refractivity contribution in [2.45, 2.75) is 245 Å². The molecule has 0 radical (unpaired) electrons. The van der Waals surface area contributed by atoms with E-state index in [1.165, 1.54) is 4.90 Å². The van der Waals surface area contributed by atoms with E-state index in [0.717, 1.165) is 128 Å². The van der Waals surface area contributed by atoms with E-state index >= 15 is 0 Å². The molecule has 16 heteroatoms. The number of hydrogen-bond acceptors (Lipinski definition) is 15. The van der Waals surface area contributed by atoms with Crippen LogP contribution in [0.4, 0.5) is 4.79 Å². The van der Waals surface area contributed by atoms with Crippen molar-refractivity contribution in [2.24, 2.45) is 11.8 Å². The van der Waals surface area contributed by atoms with Crippen LogP contribution in [0, 0.1) is 11.8 Å². The third kappa shape index (κ3) is 38.9. The zero-order valence-corrected chi connectivity index (χ0v) is 47.9. The summed E-state index contributed by atoms with van der Waals surface area (Å²) in [5.41, 5.74) is 0. The molecule has 1 amide bonds. The molecule has 0 spiro atoms. The number of carbonyl (C=O) groups is 7. The van der Waals surface area contributed by atoms with Crippen LogP contribution in [-0.2, 0) is 61.9 Å². The van der Waals surface area contributed by atoms with Crippen molar-refractivity contribution in [3.8, 4) is 0 Å². The van der Waals surface area contributed by atoms with Crippen LogP contribution in [0.1, 0.15) is 233 Å². The first-order chi connectivity index (χ1) is 36.3. The zero-order valence-electron chi connectivity index (χ0n) is 47.9. The van der Waals surface area contributed by atoms with E-state index in [4.69, 9.17) is 33.2 Å². The lowest BCUT2D eigenvalue weighted by molar-refractivity contribution is -0.156. The highest BCUT2D eigenvalue weighted by Crippen LogP contribution is 2.22. The Morgan fingerprint density at radius 2 is 0.707 bits per heavy atom. The predicted octanol–water partition coefficient (Wildman–Crippen LogP) is 12.3. The van der Waals surface area contributed by atoms with Crippen molar-refractivity contribution in [3.05, 3.63) is 12.2 Å². The zero-order chi connectivity index (χ0) is 55.2. The van der Waals surface area contributed by atoms with Gasteiger partial charge in [0.15, 0.2) is 0 Å². The summed E-state index contributed by atoms with van der Waals surface area (Å²) in [6, 6.07) is -1.39. The molecule has 0 fully saturated rings. The van der Waals surface area contributed by atoms with Gasteiger partial charge in [0, 0.05) is 44.1 Å². The topological polar surface area (TPSA) is 191 Å². The van der Waals surface area contributed by atoms with Crippen LogP contribution >= 0.6 is 0 Å². The molecule has 0 aromatic heterocycles. The van der Waals surface area contributed by atoms with Gasteiger partial charge >= 0.3 is 41.9 Å². The summed E-state index contributed by atoms with van der Waals surface area (Å²) in [6.07, 6.45) is 28.8. The standard InChI is InChI=1S/C59H104N2O14/c1-7-11-15-19-23-27-35-53(62)70-43-49(44-71-54(63)36-28-24-20-16-12-8-2)41-57(66)74-47-51-33-31-32-34-52(61(51)59(68)69-40-39-60(5)6)48-75-58(67)42-50(45-72-55(64)37-29-25-21-17-13-9-3)46-73-56(65)38-30-26-22-18-14-10-4/h31-32,49-52H,7-30,33-48H2,1-6H3/t51-,52-/m0/s1. The van der Waals surface area contributed by atoms with Crippen LogP contribution in [0.5, 0.6) is 0 Å². The Morgan fingerprint density at radius 1 is 0.413 bits per heavy atom. The summed E-state index contributed by atoms with van der Waals surface area (Å²) in [5.74, 6) is -4.03. The molecule has 1 aliphatic rings. The minimum absolute atomic E-state index is 0.0858. The molecule has 0 N–H and O–H groups in total. The Kier molecular flexibility index (Phi) is 43.2. The van der Waals surface area contributed by atoms with Gasteiger partial charge in [0.05, 0.1) is 51.4 Å². The summed E-state index contributed by atoms with van der Waals surface area (Å²) in [4.78, 5) is 95.4. The average Bonchev–Trinajstić information content (AvgIpc) is 3.60. The van der Waals surface area contributed by atoms with Gasteiger partial charge in [-0.05, 0) is 52.6 Å². The summed E-state index contributed by atoms with van der Waals surface area (Å²) in [6.45, 7) is 8.24. The van der Waals surface area contributed by atoms with Gasteiger partial charge in [-0.3, -0.25) is 33.7 Å². The number of carbonyl (C=O) groups excluding carboxylic acids is 7. The first-order valence-electron chi connectivity index (χ1n) is 29.5. The van der Waals surface area contributed by atoms with Crippen molar-refractivity contribution in [1.82, 2.24) is 9.80 Å². The van der Waals surface area contributed by atoms with E-state index in [1.807, 2.05) is 31.1 Å². The molecule has 1 rings (SSSR count). The quantitative estimate of drug-likeness (QED) is 0.0242. The molecule has 1 aliphatic heterocycles. The van der Waals surface area contributed by atoms with Crippen LogP contribution in [0.3, 0.4) is 0 Å². The molecule has 1 heterocycles. The van der Waals surface area contributed by atoms with Crippen molar-refractivity contribution < 1.29 is 66.7 Å². The van der Waals surface area contributed by atoms with Gasteiger partial charge in [-0.1, -0.05) is 168 Å². The number of unbranched alkanes of at least 4 members (excludes halogenated alkanes) is 20. The molecule has 2 atom stereocenters. The molecular weight excluding hydrogens is 961 g/mol. The highest BCUT2D eigenvalue weighted by Gasteiger charge is 2.35. The maximum atomic E-state index is 13.9. The van der Waals surface area contributed by atoms with Crippen molar-refractivity contribution in [1.29, 1.82) is 0 Å². The maximum absolute atomic E-state index is 13.9. The second-order valence-electron chi connectivity index (χ2n) is 20.9. The monoisotopic (exact) mass is 1060 g/mol. The fourth-order valence-corrected chi connectivity index (χ4v) is 8.65. The predicted molar refractivity (Wildman–Crippen MR) is 292 cm³/mol. The molecule has 0 saturated heterocycles. The lowest BCUT2D eigenvalue weighted by Gasteiger charge is -2.35. The molecule has 0 aromatic rings. The van der Waals surface area contributed by atoms with E-state index < -0.39 is 42.0 Å². The minimum Gasteiger partial charge on any atom is -0.465 e. The number of likely N-dealkylation sites (N-methyl/N-ethyl adjacent to an activating group) is 1. The number of amides is 1. The van der Waals surface area contributed by atoms with Gasteiger partial charge in [-0.2, -0.15) is 0 Å². The van der Waals surface area contributed by atoms with Crippen molar-refractivity contribution in [2.75, 3.05) is 66.9 Å². The van der Waals surface area contributed by atoms with Crippen LogP contribution in [0.25, 0.3) is 0 Å². The van der Waals surface area contributed by atoms with Crippen LogP contribution in [-0.4, -0.2) is 131 Å². The number of esters is 6. The minimum atomic E-state index is -0.697. The third-order valence-corrected chi connectivity index (χ3v) is 13.4. The van der Waals surface area contributed by atoms with Gasteiger partial charge < -0.3 is 38.1 Å². The molecule has 0 unspecified atom stereocenters. The largest absolute Gasteiger partial charge is 0.465 e. The number of ether oxygens (including phenoxy) is 7. The maximum Gasteiger partial charge on any atom is 0.410 e. The summed E-state index contributed by atoms with van der Waals surface area (Å²) >= 11 is 0. The lowest BCUT2D eigenvalue weighted by atomic mass is 10.1. The SMILES string of the molecule is CCCCCCCCC(=O)OCC(COC(=O)CCCCCCCC)CC(=O)OC[C@@H]1CC=CC[C@@H](COC(=O)CC(COC(=O)CCCCCCCC)COC(=O)CCCCCCCC)N1C(=O)OCCN(C)C. The molecule has 434 valence electrons. The molecule has 16 nitrogen and oxygen atoms in total. The first-order valence-corrected chi connectivity index (χ1v) is 29.5. The van der Waals surface area contributed by atoms with Crippen LogP contribution < -0.4 is 0 Å². The van der Waals surface area contributed by atoms with Crippen LogP contribution in [0.2, 0.25) is 0 Å². The van der Waals surface area contributed by atoms with Gasteiger partial charge in [-0.15, -0.1) is 0 Å². The van der Waals surface area contributed by atoms with E-state index in [0.29, 0.717) is 45.1 Å². The highest BCUT2D eigenvalue weighted by atomic mass is 16.6. The fraction of sp³-hybridized carbons (Fsp3) is 0.847. The van der Waals surface area contributed by atoms with Crippen LogP contribution in [0.15, 0.2) is 12.2 Å². The Balaban J connectivity index is 3.10. The summed E-state index contributed by atoms with van der Waals surface area (Å²) < 4.78 is 39.8. The summed E-state index contributed by atoms with van der Waals surface area (Å²) in [7, 11) is 3.71. The number of nitrogens with zero attached hydrogens (tertiary/aromatic N) is 2. The third-order valence-electron chi connectivity index (χ3n) is 13.4. The molecule has 0 bridgehead atoms. The van der Waals surface area contributed by atoms with E-state index in [-0.39, 0.29) is 109 Å². The normalized spacial score (nSPS) is 14.4. The van der Waals surface area contributed by atoms with E-state index in [1.54, 1.807) is 0 Å². The Bertz CT molecular complexity index is 1390. The molecular formula is C59H104N2O14. The van der Waals surface area contributed by atoms with Gasteiger partial charge in [0.1, 0.15) is 19.8 Å². The van der Waals surface area contributed by atoms with Gasteiger partial charge in [0.25, 0.3) is 0 Å². The van der Waals surface area contributed by atoms with Crippen molar-refractivity contribution >= 4 is 41.9 Å². The van der Waals surface area contributed by atoms with Gasteiger partial charge in [-0.25, -0.2) is 4.79 Å². The van der Waals surface area contributed by atoms with E-state index in [9.17, 15) is 33.6 Å². The Labute approximate surface area is 453 Å². The van der Waals surface area contributed by atoms with E-state index in [2.05, 4.69) is 27.7 Å². The fourth-order valence-electron chi connectivity index (χ4n) is 8.65. The number of rotatable bonds is 47. The first kappa shape index (κ1) is 68.8. The highest BCUT2D eigenvalue weighted by molar-refractivity contribution is 5.73. The molecule has 0 aromatic carbocycles.